The number of hydrogen-bond donors (Lipinski definition) is 2. The Labute approximate surface area is 132 Å². The van der Waals surface area contributed by atoms with Gasteiger partial charge in [-0.2, -0.15) is 8.75 Å². The number of nitrogens with one attached hydrogen (secondary N) is 1. The van der Waals surface area contributed by atoms with E-state index in [1.807, 2.05) is 0 Å². The van der Waals surface area contributed by atoms with E-state index in [9.17, 15) is 8.42 Å². The number of aromatic nitrogens is 3. The summed E-state index contributed by atoms with van der Waals surface area (Å²) in [6.45, 7) is 0. The second kappa shape index (κ2) is 5.20. The number of nitrogens with zero attached hydrogens (tertiary/aromatic N) is 3. The zero-order valence-corrected chi connectivity index (χ0v) is 13.5. The Bertz CT molecular complexity index is 925. The van der Waals surface area contributed by atoms with Crippen LogP contribution in [0.2, 0.25) is 0 Å². The Balaban J connectivity index is 2.06. The van der Waals surface area contributed by atoms with Gasteiger partial charge in [0.25, 0.3) is 10.0 Å². The fourth-order valence-electron chi connectivity index (χ4n) is 1.71. The van der Waals surface area contributed by atoms with Gasteiger partial charge in [0.1, 0.15) is 15.9 Å². The van der Waals surface area contributed by atoms with Gasteiger partial charge in [-0.25, -0.2) is 13.4 Å². The van der Waals surface area contributed by atoms with E-state index in [0.717, 1.165) is 11.7 Å². The zero-order chi connectivity index (χ0) is 15.0. The smallest absolute Gasteiger partial charge is 0.265 e. The molecule has 2 heterocycles. The minimum Gasteiger partial charge on any atom is -0.397 e. The SMILES string of the molecule is Nc1cnc(NS(=O)(=O)c2cccc3nsnc23)c(Br)c1. The number of benzene rings is 1. The Morgan fingerprint density at radius 3 is 2.86 bits per heavy atom. The highest BCUT2D eigenvalue weighted by Gasteiger charge is 2.21. The van der Waals surface area contributed by atoms with Gasteiger partial charge < -0.3 is 5.73 Å². The summed E-state index contributed by atoms with van der Waals surface area (Å²) >= 11 is 4.18. The average Bonchev–Trinajstić information content (AvgIpc) is 2.90. The molecule has 0 saturated heterocycles. The predicted molar refractivity (Wildman–Crippen MR) is 84.6 cm³/mol. The van der Waals surface area contributed by atoms with Crippen LogP contribution in [0.15, 0.2) is 39.8 Å². The van der Waals surface area contributed by atoms with Crippen LogP contribution in [0.1, 0.15) is 0 Å². The van der Waals surface area contributed by atoms with Gasteiger partial charge >= 0.3 is 0 Å². The van der Waals surface area contributed by atoms with Gasteiger partial charge in [0, 0.05) is 0 Å². The highest BCUT2D eigenvalue weighted by Crippen LogP contribution is 2.27. The second-order valence-corrected chi connectivity index (χ2v) is 7.13. The van der Waals surface area contributed by atoms with Crippen molar-refractivity contribution >= 4 is 60.2 Å². The normalized spacial score (nSPS) is 11.7. The summed E-state index contributed by atoms with van der Waals surface area (Å²) in [7, 11) is -3.82. The first-order chi connectivity index (χ1) is 9.97. The van der Waals surface area contributed by atoms with E-state index in [1.165, 1.54) is 12.3 Å². The summed E-state index contributed by atoms with van der Waals surface area (Å²) in [5.74, 6) is 0.157. The maximum atomic E-state index is 12.5. The molecule has 3 rings (SSSR count). The maximum absolute atomic E-state index is 12.5. The van der Waals surface area contributed by atoms with Gasteiger partial charge in [-0.1, -0.05) is 6.07 Å². The summed E-state index contributed by atoms with van der Waals surface area (Å²) < 4.78 is 35.9. The molecule has 0 saturated carbocycles. The van der Waals surface area contributed by atoms with E-state index in [1.54, 1.807) is 18.2 Å². The highest BCUT2D eigenvalue weighted by molar-refractivity contribution is 9.10. The number of nitrogen functional groups attached to an aromatic ring is 1. The lowest BCUT2D eigenvalue weighted by Gasteiger charge is -2.09. The summed E-state index contributed by atoms with van der Waals surface area (Å²) in [4.78, 5) is 4.02. The molecule has 0 unspecified atom stereocenters. The first-order valence-electron chi connectivity index (χ1n) is 5.62. The fourth-order valence-corrected chi connectivity index (χ4v) is 4.10. The van der Waals surface area contributed by atoms with Crippen LogP contribution in [0.4, 0.5) is 11.5 Å². The van der Waals surface area contributed by atoms with Crippen LogP contribution in [0.3, 0.4) is 0 Å². The molecular weight excluding hydrogens is 378 g/mol. The van der Waals surface area contributed by atoms with Gasteiger partial charge in [-0.15, -0.1) is 0 Å². The quantitative estimate of drug-likeness (QED) is 0.714. The molecule has 10 heteroatoms. The largest absolute Gasteiger partial charge is 0.397 e. The van der Waals surface area contributed by atoms with Crippen molar-refractivity contribution in [3.63, 3.8) is 0 Å². The zero-order valence-electron chi connectivity index (χ0n) is 10.3. The van der Waals surface area contributed by atoms with Crippen LogP contribution in [0.5, 0.6) is 0 Å². The van der Waals surface area contributed by atoms with Crippen molar-refractivity contribution in [3.05, 3.63) is 34.9 Å². The summed E-state index contributed by atoms with van der Waals surface area (Å²) in [6.07, 6.45) is 1.37. The topological polar surface area (TPSA) is 111 Å². The Hall–Kier alpha value is -1.78. The standard InChI is InChI=1S/C11H8BrN5O2S2/c12-7-4-6(13)5-14-11(7)17-21(18,19)9-3-1-2-8-10(9)16-20-15-8/h1-5H,13H2,(H,14,17). The van der Waals surface area contributed by atoms with Gasteiger partial charge in [-0.3, -0.25) is 4.72 Å². The van der Waals surface area contributed by atoms with Crippen molar-refractivity contribution in [2.75, 3.05) is 10.5 Å². The number of pyridine rings is 1. The molecule has 2 aromatic heterocycles. The molecule has 0 aliphatic carbocycles. The van der Waals surface area contributed by atoms with Crippen LogP contribution in [0, 0.1) is 0 Å². The molecule has 0 radical (unpaired) electrons. The molecule has 7 nitrogen and oxygen atoms in total. The molecule has 3 N–H and O–H groups in total. The average molecular weight is 386 g/mol. The third-order valence-electron chi connectivity index (χ3n) is 2.63. The van der Waals surface area contributed by atoms with E-state index in [0.29, 0.717) is 21.2 Å². The van der Waals surface area contributed by atoms with Crippen molar-refractivity contribution in [2.45, 2.75) is 4.90 Å². The fraction of sp³-hybridized carbons (Fsp3) is 0. The number of fused-ring (bicyclic) bond motifs is 1. The number of rotatable bonds is 3. The number of halogens is 1. The summed E-state index contributed by atoms with van der Waals surface area (Å²) in [5, 5.41) is 0. The number of hydrogen-bond acceptors (Lipinski definition) is 7. The minimum atomic E-state index is -3.82. The molecule has 0 fully saturated rings. The monoisotopic (exact) mass is 385 g/mol. The van der Waals surface area contributed by atoms with E-state index in [2.05, 4.69) is 34.4 Å². The Morgan fingerprint density at radius 1 is 1.29 bits per heavy atom. The highest BCUT2D eigenvalue weighted by atomic mass is 79.9. The van der Waals surface area contributed by atoms with Crippen LogP contribution in [-0.2, 0) is 10.0 Å². The van der Waals surface area contributed by atoms with E-state index in [4.69, 9.17) is 5.73 Å². The van der Waals surface area contributed by atoms with Crippen molar-refractivity contribution in [3.8, 4) is 0 Å². The van der Waals surface area contributed by atoms with Crippen LogP contribution in [0.25, 0.3) is 11.0 Å². The van der Waals surface area contributed by atoms with Crippen LogP contribution >= 0.6 is 27.7 Å². The first-order valence-corrected chi connectivity index (χ1v) is 8.63. The molecule has 0 aliphatic heterocycles. The first kappa shape index (κ1) is 14.2. The maximum Gasteiger partial charge on any atom is 0.265 e. The molecule has 0 aliphatic rings. The second-order valence-electron chi connectivity index (χ2n) is 4.09. The minimum absolute atomic E-state index is 0.0549. The molecule has 3 aromatic rings. The molecule has 0 amide bonds. The Kier molecular flexibility index (Phi) is 3.51. The summed E-state index contributed by atoms with van der Waals surface area (Å²) in [6, 6.07) is 6.35. The Morgan fingerprint density at radius 2 is 2.10 bits per heavy atom. The third kappa shape index (κ3) is 2.69. The van der Waals surface area contributed by atoms with Crippen molar-refractivity contribution in [2.24, 2.45) is 0 Å². The number of sulfonamides is 1. The molecule has 108 valence electrons. The lowest BCUT2D eigenvalue weighted by atomic mass is 10.3. The summed E-state index contributed by atoms with van der Waals surface area (Å²) in [5.41, 5.74) is 6.87. The number of anilines is 2. The molecule has 0 atom stereocenters. The van der Waals surface area contributed by atoms with Crippen molar-refractivity contribution < 1.29 is 8.42 Å². The van der Waals surface area contributed by atoms with Gasteiger partial charge in [0.15, 0.2) is 5.82 Å². The van der Waals surface area contributed by atoms with Crippen LogP contribution in [-0.4, -0.2) is 22.1 Å². The van der Waals surface area contributed by atoms with E-state index < -0.39 is 10.0 Å². The van der Waals surface area contributed by atoms with Crippen molar-refractivity contribution in [1.82, 2.24) is 13.7 Å². The molecule has 0 bridgehead atoms. The predicted octanol–water partition coefficient (Wildman–Crippen LogP) is 2.23. The van der Waals surface area contributed by atoms with Crippen LogP contribution < -0.4 is 10.5 Å². The van der Waals surface area contributed by atoms with E-state index in [-0.39, 0.29) is 10.7 Å². The molecule has 1 aromatic carbocycles. The third-order valence-corrected chi connectivity index (χ3v) is 5.15. The van der Waals surface area contributed by atoms with Gasteiger partial charge in [-0.05, 0) is 34.1 Å². The molecular formula is C11H8BrN5O2S2. The van der Waals surface area contributed by atoms with Crippen molar-refractivity contribution in [1.29, 1.82) is 0 Å². The van der Waals surface area contributed by atoms with E-state index >= 15 is 0 Å². The lowest BCUT2D eigenvalue weighted by molar-refractivity contribution is 0.601. The van der Waals surface area contributed by atoms with Gasteiger partial charge in [0.2, 0.25) is 0 Å². The molecule has 21 heavy (non-hydrogen) atoms. The molecule has 0 spiro atoms. The van der Waals surface area contributed by atoms with Gasteiger partial charge in [0.05, 0.1) is 28.1 Å². The number of nitrogens with two attached hydrogens (primary N) is 1. The lowest BCUT2D eigenvalue weighted by Crippen LogP contribution is -2.15.